The van der Waals surface area contributed by atoms with Crippen molar-refractivity contribution in [2.45, 2.75) is 46.8 Å². The minimum atomic E-state index is 0. The van der Waals surface area contributed by atoms with Gasteiger partial charge >= 0.3 is 0 Å². The molecule has 0 amide bonds. The summed E-state index contributed by atoms with van der Waals surface area (Å²) in [6.45, 7) is 15.9. The van der Waals surface area contributed by atoms with Crippen molar-refractivity contribution in [3.63, 3.8) is 0 Å². The van der Waals surface area contributed by atoms with Crippen molar-refractivity contribution in [2.75, 3.05) is 57.8 Å². The fourth-order valence-corrected chi connectivity index (χ4v) is 3.40. The van der Waals surface area contributed by atoms with Crippen molar-refractivity contribution < 1.29 is 4.74 Å². The Morgan fingerprint density at radius 2 is 1.90 bits per heavy atom. The second kappa shape index (κ2) is 14.8. The SMILES string of the molecule is CCNC(=NCc1ccc(N2CCN(C)CC2)nc1)NCCC(OCC)C(C)C.I. The van der Waals surface area contributed by atoms with Gasteiger partial charge in [-0.15, -0.1) is 24.0 Å². The van der Waals surface area contributed by atoms with E-state index in [1.807, 2.05) is 6.20 Å². The van der Waals surface area contributed by atoms with Crippen LogP contribution in [0.5, 0.6) is 0 Å². The lowest BCUT2D eigenvalue weighted by atomic mass is 10.0. The summed E-state index contributed by atoms with van der Waals surface area (Å²) < 4.78 is 5.83. The number of rotatable bonds is 10. The van der Waals surface area contributed by atoms with E-state index in [0.717, 1.165) is 69.6 Å². The van der Waals surface area contributed by atoms with Crippen LogP contribution in [0, 0.1) is 5.92 Å². The predicted octanol–water partition coefficient (Wildman–Crippen LogP) is 2.96. The molecule has 8 heteroatoms. The van der Waals surface area contributed by atoms with Crippen molar-refractivity contribution in [3.8, 4) is 0 Å². The molecule has 1 atom stereocenters. The molecule has 0 radical (unpaired) electrons. The van der Waals surface area contributed by atoms with Crippen molar-refractivity contribution in [1.29, 1.82) is 0 Å². The number of ether oxygens (including phenoxy) is 1. The van der Waals surface area contributed by atoms with Gasteiger partial charge in [0.15, 0.2) is 5.96 Å². The molecule has 1 aromatic heterocycles. The number of nitrogens with zero attached hydrogens (tertiary/aromatic N) is 4. The number of likely N-dealkylation sites (N-methyl/N-ethyl adjacent to an activating group) is 1. The van der Waals surface area contributed by atoms with Gasteiger partial charge in [0.1, 0.15) is 5.82 Å². The van der Waals surface area contributed by atoms with E-state index >= 15 is 0 Å². The highest BCUT2D eigenvalue weighted by Crippen LogP contribution is 2.14. The molecule has 0 saturated carbocycles. The lowest BCUT2D eigenvalue weighted by Crippen LogP contribution is -2.44. The van der Waals surface area contributed by atoms with Gasteiger partial charge in [0.25, 0.3) is 0 Å². The van der Waals surface area contributed by atoms with E-state index in [9.17, 15) is 0 Å². The summed E-state index contributed by atoms with van der Waals surface area (Å²) in [5.74, 6) is 2.42. The van der Waals surface area contributed by atoms with E-state index in [2.05, 4.69) is 72.3 Å². The van der Waals surface area contributed by atoms with Crippen LogP contribution in [0.25, 0.3) is 0 Å². The Bertz CT molecular complexity index is 602. The second-order valence-electron chi connectivity index (χ2n) is 7.96. The van der Waals surface area contributed by atoms with E-state index in [-0.39, 0.29) is 30.1 Å². The summed E-state index contributed by atoms with van der Waals surface area (Å²) in [6.07, 6.45) is 3.20. The molecule has 2 rings (SSSR count). The number of hydrogen-bond donors (Lipinski definition) is 2. The van der Waals surface area contributed by atoms with E-state index in [0.29, 0.717) is 12.5 Å². The zero-order chi connectivity index (χ0) is 21.1. The molecule has 1 fully saturated rings. The third-order valence-corrected chi connectivity index (χ3v) is 5.25. The summed E-state index contributed by atoms with van der Waals surface area (Å²) in [4.78, 5) is 14.1. The molecule has 1 unspecified atom stereocenters. The number of nitrogens with one attached hydrogen (secondary N) is 2. The summed E-state index contributed by atoms with van der Waals surface area (Å²) in [5, 5.41) is 6.75. The average molecular weight is 533 g/mol. The van der Waals surface area contributed by atoms with Crippen LogP contribution in [0.15, 0.2) is 23.3 Å². The van der Waals surface area contributed by atoms with Crippen LogP contribution < -0.4 is 15.5 Å². The molecule has 2 N–H and O–H groups in total. The second-order valence-corrected chi connectivity index (χ2v) is 7.96. The molecule has 2 heterocycles. The molecule has 30 heavy (non-hydrogen) atoms. The van der Waals surface area contributed by atoms with Crippen LogP contribution in [-0.4, -0.2) is 74.9 Å². The minimum Gasteiger partial charge on any atom is -0.378 e. The standard InChI is InChI=1S/C22H40N6O.HI/c1-6-23-22(24-11-10-20(18(3)4)29-7-2)26-17-19-8-9-21(25-16-19)28-14-12-27(5)13-15-28;/h8-9,16,18,20H,6-7,10-15,17H2,1-5H3,(H2,23,24,26);1H. The number of halogens is 1. The number of piperazine rings is 1. The van der Waals surface area contributed by atoms with E-state index in [1.54, 1.807) is 0 Å². The monoisotopic (exact) mass is 532 g/mol. The minimum absolute atomic E-state index is 0. The number of anilines is 1. The molecule has 1 saturated heterocycles. The third kappa shape index (κ3) is 9.34. The molecule has 0 spiro atoms. The first-order valence-corrected chi connectivity index (χ1v) is 11.1. The number of aliphatic imine (C=N–C) groups is 1. The van der Waals surface area contributed by atoms with Gasteiger partial charge in [0, 0.05) is 52.1 Å². The maximum atomic E-state index is 5.83. The van der Waals surface area contributed by atoms with Crippen LogP contribution in [0.2, 0.25) is 0 Å². The number of guanidine groups is 1. The summed E-state index contributed by atoms with van der Waals surface area (Å²) >= 11 is 0. The fraction of sp³-hybridized carbons (Fsp3) is 0.727. The maximum absolute atomic E-state index is 5.83. The Morgan fingerprint density at radius 3 is 2.47 bits per heavy atom. The Kier molecular flexibility index (Phi) is 13.3. The molecular weight excluding hydrogens is 491 g/mol. The van der Waals surface area contributed by atoms with Crippen LogP contribution in [-0.2, 0) is 11.3 Å². The van der Waals surface area contributed by atoms with Gasteiger partial charge in [-0.3, -0.25) is 0 Å². The van der Waals surface area contributed by atoms with Gasteiger partial charge in [-0.05, 0) is 44.9 Å². The topological polar surface area (TPSA) is 65.0 Å². The van der Waals surface area contributed by atoms with Gasteiger partial charge in [0.2, 0.25) is 0 Å². The highest BCUT2D eigenvalue weighted by Gasteiger charge is 2.15. The molecule has 1 aliphatic heterocycles. The molecule has 0 bridgehead atoms. The lowest BCUT2D eigenvalue weighted by Gasteiger charge is -2.33. The Balaban J connectivity index is 0.00000450. The van der Waals surface area contributed by atoms with Crippen molar-refractivity contribution in [3.05, 3.63) is 23.9 Å². The van der Waals surface area contributed by atoms with Gasteiger partial charge in [-0.1, -0.05) is 19.9 Å². The number of hydrogen-bond acceptors (Lipinski definition) is 5. The molecular formula is C22H41IN6O. The summed E-state index contributed by atoms with van der Waals surface area (Å²) in [5.41, 5.74) is 1.12. The van der Waals surface area contributed by atoms with E-state index in [4.69, 9.17) is 9.73 Å². The molecule has 172 valence electrons. The fourth-order valence-electron chi connectivity index (χ4n) is 3.40. The van der Waals surface area contributed by atoms with Crippen LogP contribution in [0.4, 0.5) is 5.82 Å². The van der Waals surface area contributed by atoms with Crippen molar-refractivity contribution in [1.82, 2.24) is 20.5 Å². The highest BCUT2D eigenvalue weighted by atomic mass is 127. The van der Waals surface area contributed by atoms with Crippen LogP contribution in [0.3, 0.4) is 0 Å². The van der Waals surface area contributed by atoms with Crippen molar-refractivity contribution >= 4 is 35.8 Å². The zero-order valence-electron chi connectivity index (χ0n) is 19.4. The van der Waals surface area contributed by atoms with E-state index < -0.39 is 0 Å². The number of aromatic nitrogens is 1. The highest BCUT2D eigenvalue weighted by molar-refractivity contribution is 14.0. The normalized spacial score (nSPS) is 16.3. The molecule has 0 aromatic carbocycles. The summed E-state index contributed by atoms with van der Waals surface area (Å²) in [7, 11) is 2.17. The molecule has 1 aromatic rings. The van der Waals surface area contributed by atoms with Gasteiger partial charge in [-0.2, -0.15) is 0 Å². The quantitative estimate of drug-likeness (QED) is 0.275. The predicted molar refractivity (Wildman–Crippen MR) is 137 cm³/mol. The van der Waals surface area contributed by atoms with Gasteiger partial charge in [-0.25, -0.2) is 9.98 Å². The van der Waals surface area contributed by atoms with E-state index in [1.165, 1.54) is 0 Å². The first kappa shape index (κ1) is 26.9. The molecule has 7 nitrogen and oxygen atoms in total. The number of pyridine rings is 1. The Labute approximate surface area is 200 Å². The largest absolute Gasteiger partial charge is 0.378 e. The Morgan fingerprint density at radius 1 is 1.17 bits per heavy atom. The van der Waals surface area contributed by atoms with Crippen LogP contribution >= 0.6 is 24.0 Å². The molecule has 0 aliphatic carbocycles. The first-order valence-electron chi connectivity index (χ1n) is 11.1. The van der Waals surface area contributed by atoms with Gasteiger partial charge in [0.05, 0.1) is 12.6 Å². The first-order chi connectivity index (χ1) is 14.0. The summed E-state index contributed by atoms with van der Waals surface area (Å²) in [6, 6.07) is 4.25. The molecule has 1 aliphatic rings. The Hall–Kier alpha value is -1.13. The lowest BCUT2D eigenvalue weighted by molar-refractivity contribution is 0.0258. The smallest absolute Gasteiger partial charge is 0.191 e. The van der Waals surface area contributed by atoms with Gasteiger partial charge < -0.3 is 25.2 Å². The average Bonchev–Trinajstić information content (AvgIpc) is 2.72. The van der Waals surface area contributed by atoms with Crippen LogP contribution in [0.1, 0.15) is 39.7 Å². The van der Waals surface area contributed by atoms with Crippen molar-refractivity contribution in [2.24, 2.45) is 10.9 Å². The third-order valence-electron chi connectivity index (χ3n) is 5.25. The zero-order valence-corrected chi connectivity index (χ0v) is 21.7. The maximum Gasteiger partial charge on any atom is 0.191 e.